The molecule has 20 heavy (non-hydrogen) atoms. The van der Waals surface area contributed by atoms with Crippen molar-refractivity contribution in [3.63, 3.8) is 0 Å². The second-order valence-corrected chi connectivity index (χ2v) is 4.31. The van der Waals surface area contributed by atoms with E-state index < -0.39 is 11.7 Å². The quantitative estimate of drug-likeness (QED) is 0.896. The number of anilines is 2. The zero-order chi connectivity index (χ0) is 14.8. The molecular formula is C15H12F3NO. The lowest BCUT2D eigenvalue weighted by Crippen LogP contribution is -2.12. The molecular weight excluding hydrogens is 267 g/mol. The largest absolute Gasteiger partial charge is 0.418 e. The van der Waals surface area contributed by atoms with Crippen molar-refractivity contribution < 1.29 is 13.2 Å². The summed E-state index contributed by atoms with van der Waals surface area (Å²) in [6, 6.07) is 11.4. The fourth-order valence-corrected chi connectivity index (χ4v) is 1.84. The highest BCUT2D eigenvalue weighted by atomic mass is 19.4. The van der Waals surface area contributed by atoms with Crippen molar-refractivity contribution in [2.45, 2.75) is 13.1 Å². The molecule has 0 aliphatic heterocycles. The molecule has 0 heterocycles. The standard InChI is InChI=1S/C15H12F3NO/c1-10-6-5-7-11(15(16,17)18)14(10)19-12-8-3-2-4-9-13(12)20/h2-9H,1H3,(H,19,20). The van der Waals surface area contributed by atoms with E-state index in [1.807, 2.05) is 0 Å². The molecule has 1 N–H and O–H groups in total. The van der Waals surface area contributed by atoms with Crippen molar-refractivity contribution in [1.82, 2.24) is 0 Å². The number of halogens is 3. The van der Waals surface area contributed by atoms with Gasteiger partial charge in [-0.05, 0) is 30.7 Å². The van der Waals surface area contributed by atoms with Gasteiger partial charge in [0, 0.05) is 0 Å². The summed E-state index contributed by atoms with van der Waals surface area (Å²) in [5, 5.41) is 2.60. The molecule has 104 valence electrons. The number of alkyl halides is 3. The Hall–Kier alpha value is -2.30. The second kappa shape index (κ2) is 5.36. The Kier molecular flexibility index (Phi) is 3.79. The van der Waals surface area contributed by atoms with Gasteiger partial charge in [0.2, 0.25) is 5.43 Å². The van der Waals surface area contributed by atoms with Gasteiger partial charge in [0.15, 0.2) is 0 Å². The van der Waals surface area contributed by atoms with E-state index in [4.69, 9.17) is 0 Å². The summed E-state index contributed by atoms with van der Waals surface area (Å²) in [6.07, 6.45) is -4.48. The summed E-state index contributed by atoms with van der Waals surface area (Å²) in [5.41, 5.74) is -0.724. The lowest BCUT2D eigenvalue weighted by molar-refractivity contribution is -0.136. The summed E-state index contributed by atoms with van der Waals surface area (Å²) in [4.78, 5) is 11.8. The van der Waals surface area contributed by atoms with Crippen molar-refractivity contribution in [3.05, 3.63) is 69.9 Å². The molecule has 0 amide bonds. The third kappa shape index (κ3) is 2.99. The van der Waals surface area contributed by atoms with E-state index in [0.717, 1.165) is 6.07 Å². The average molecular weight is 279 g/mol. The Balaban J connectivity index is 2.55. The van der Waals surface area contributed by atoms with Gasteiger partial charge < -0.3 is 5.32 Å². The van der Waals surface area contributed by atoms with Crippen LogP contribution in [0.3, 0.4) is 0 Å². The Morgan fingerprint density at radius 2 is 1.65 bits per heavy atom. The Morgan fingerprint density at radius 3 is 2.35 bits per heavy atom. The summed E-state index contributed by atoms with van der Waals surface area (Å²) < 4.78 is 39.0. The van der Waals surface area contributed by atoms with Gasteiger partial charge in [-0.15, -0.1) is 0 Å². The van der Waals surface area contributed by atoms with Gasteiger partial charge in [0.1, 0.15) is 0 Å². The van der Waals surface area contributed by atoms with Gasteiger partial charge in [-0.2, -0.15) is 13.2 Å². The minimum Gasteiger partial charge on any atom is -0.352 e. The topological polar surface area (TPSA) is 29.1 Å². The van der Waals surface area contributed by atoms with E-state index in [2.05, 4.69) is 5.32 Å². The van der Waals surface area contributed by atoms with Gasteiger partial charge in [0.05, 0.1) is 16.9 Å². The molecule has 2 aromatic rings. The lowest BCUT2D eigenvalue weighted by atomic mass is 10.1. The second-order valence-electron chi connectivity index (χ2n) is 4.31. The van der Waals surface area contributed by atoms with Crippen LogP contribution < -0.4 is 10.7 Å². The van der Waals surface area contributed by atoms with E-state index in [1.54, 1.807) is 25.1 Å². The van der Waals surface area contributed by atoms with Crippen molar-refractivity contribution in [3.8, 4) is 0 Å². The maximum absolute atomic E-state index is 13.0. The van der Waals surface area contributed by atoms with Gasteiger partial charge in [-0.3, -0.25) is 4.79 Å². The monoisotopic (exact) mass is 279 g/mol. The van der Waals surface area contributed by atoms with Crippen LogP contribution >= 0.6 is 0 Å². The average Bonchev–Trinajstić information content (AvgIpc) is 2.56. The molecule has 0 aromatic heterocycles. The van der Waals surface area contributed by atoms with Crippen molar-refractivity contribution in [2.75, 3.05) is 5.32 Å². The Bertz CT molecular complexity index is 680. The zero-order valence-corrected chi connectivity index (χ0v) is 10.7. The molecule has 5 heteroatoms. The normalized spacial score (nSPS) is 11.2. The predicted octanol–water partition coefficient (Wildman–Crippen LogP) is 4.12. The number of aryl methyl sites for hydroxylation is 1. The number of benzene rings is 1. The number of rotatable bonds is 2. The molecule has 0 aliphatic carbocycles. The van der Waals surface area contributed by atoms with E-state index in [9.17, 15) is 18.0 Å². The number of hydrogen-bond donors (Lipinski definition) is 1. The fourth-order valence-electron chi connectivity index (χ4n) is 1.84. The van der Waals surface area contributed by atoms with E-state index in [-0.39, 0.29) is 16.8 Å². The number of hydrogen-bond acceptors (Lipinski definition) is 2. The minimum atomic E-state index is -4.48. The molecule has 2 aromatic carbocycles. The van der Waals surface area contributed by atoms with Crippen LogP contribution in [0.5, 0.6) is 0 Å². The van der Waals surface area contributed by atoms with Crippen LogP contribution in [-0.4, -0.2) is 0 Å². The minimum absolute atomic E-state index is 0.0942. The van der Waals surface area contributed by atoms with Crippen LogP contribution in [-0.2, 0) is 6.18 Å². The van der Waals surface area contributed by atoms with Crippen LogP contribution in [0.1, 0.15) is 11.1 Å². The predicted molar refractivity (Wildman–Crippen MR) is 72.2 cm³/mol. The van der Waals surface area contributed by atoms with Crippen molar-refractivity contribution in [1.29, 1.82) is 0 Å². The first-order valence-corrected chi connectivity index (χ1v) is 5.93. The van der Waals surface area contributed by atoms with Crippen LogP contribution in [0.25, 0.3) is 0 Å². The molecule has 0 bridgehead atoms. The smallest absolute Gasteiger partial charge is 0.352 e. The Morgan fingerprint density at radius 1 is 0.950 bits per heavy atom. The molecule has 0 fully saturated rings. The first-order chi connectivity index (χ1) is 9.39. The molecule has 0 atom stereocenters. The number of nitrogens with one attached hydrogen (secondary N) is 1. The molecule has 0 saturated carbocycles. The summed E-state index contributed by atoms with van der Waals surface area (Å²) >= 11 is 0. The first kappa shape index (κ1) is 14.1. The maximum atomic E-state index is 13.0. The van der Waals surface area contributed by atoms with Gasteiger partial charge in [-0.1, -0.05) is 30.3 Å². The molecule has 0 unspecified atom stereocenters. The fraction of sp³-hybridized carbons (Fsp3) is 0.133. The zero-order valence-electron chi connectivity index (χ0n) is 10.7. The molecule has 0 saturated heterocycles. The first-order valence-electron chi connectivity index (χ1n) is 5.93. The third-order valence-electron chi connectivity index (χ3n) is 2.84. The summed E-state index contributed by atoms with van der Waals surface area (Å²) in [7, 11) is 0. The van der Waals surface area contributed by atoms with E-state index in [1.165, 1.54) is 24.3 Å². The van der Waals surface area contributed by atoms with Crippen LogP contribution in [0.4, 0.5) is 24.5 Å². The lowest BCUT2D eigenvalue weighted by Gasteiger charge is -2.16. The Labute approximate surface area is 113 Å². The highest BCUT2D eigenvalue weighted by Gasteiger charge is 2.34. The highest BCUT2D eigenvalue weighted by Crippen LogP contribution is 2.37. The van der Waals surface area contributed by atoms with Crippen LogP contribution in [0.2, 0.25) is 0 Å². The maximum Gasteiger partial charge on any atom is 0.418 e. The molecule has 2 nitrogen and oxygen atoms in total. The summed E-state index contributed by atoms with van der Waals surface area (Å²) in [6.45, 7) is 1.56. The molecule has 2 rings (SSSR count). The van der Waals surface area contributed by atoms with E-state index >= 15 is 0 Å². The molecule has 0 aliphatic rings. The molecule has 0 spiro atoms. The molecule has 0 radical (unpaired) electrons. The van der Waals surface area contributed by atoms with Gasteiger partial charge in [0.25, 0.3) is 0 Å². The SMILES string of the molecule is Cc1cccc(C(F)(F)F)c1Nc1cccccc1=O. The van der Waals surface area contributed by atoms with E-state index in [0.29, 0.717) is 5.56 Å². The van der Waals surface area contributed by atoms with Gasteiger partial charge >= 0.3 is 6.18 Å². The number of para-hydroxylation sites is 1. The van der Waals surface area contributed by atoms with Gasteiger partial charge in [-0.25, -0.2) is 0 Å². The third-order valence-corrected chi connectivity index (χ3v) is 2.84. The van der Waals surface area contributed by atoms with Crippen LogP contribution in [0, 0.1) is 6.92 Å². The van der Waals surface area contributed by atoms with Crippen molar-refractivity contribution in [2.24, 2.45) is 0 Å². The van der Waals surface area contributed by atoms with Crippen LogP contribution in [0.15, 0.2) is 53.3 Å². The van der Waals surface area contributed by atoms with Crippen molar-refractivity contribution >= 4 is 11.4 Å². The highest BCUT2D eigenvalue weighted by molar-refractivity contribution is 5.67. The summed E-state index contributed by atoms with van der Waals surface area (Å²) in [5.74, 6) is 0.